The van der Waals surface area contributed by atoms with Gasteiger partial charge in [0.2, 0.25) is 11.8 Å². The number of nitrogens with one attached hydrogen (secondary N) is 2. The average Bonchev–Trinajstić information content (AvgIpc) is 3.45. The molecule has 3 amide bonds. The average molecular weight is 434 g/mol. The number of nitrogens with zero attached hydrogens (tertiary/aromatic N) is 1. The molecule has 1 aliphatic carbocycles. The van der Waals surface area contributed by atoms with Gasteiger partial charge in [0, 0.05) is 25.0 Å². The quantitative estimate of drug-likeness (QED) is 0.691. The summed E-state index contributed by atoms with van der Waals surface area (Å²) in [7, 11) is 0. The van der Waals surface area contributed by atoms with Crippen molar-refractivity contribution in [3.05, 3.63) is 22.4 Å². The van der Waals surface area contributed by atoms with Crippen LogP contribution in [0.4, 0.5) is 0 Å². The van der Waals surface area contributed by atoms with E-state index in [9.17, 15) is 14.4 Å². The van der Waals surface area contributed by atoms with E-state index in [2.05, 4.69) is 24.5 Å². The number of hydrogen-bond acceptors (Lipinski definition) is 4. The van der Waals surface area contributed by atoms with Gasteiger partial charge in [0.05, 0.1) is 4.88 Å². The fraction of sp³-hybridized carbons (Fsp3) is 0.696. The third kappa shape index (κ3) is 5.62. The van der Waals surface area contributed by atoms with E-state index in [-0.39, 0.29) is 35.6 Å². The highest BCUT2D eigenvalue weighted by molar-refractivity contribution is 7.12. The summed E-state index contributed by atoms with van der Waals surface area (Å²) in [6.07, 6.45) is 5.78. The van der Waals surface area contributed by atoms with Crippen LogP contribution < -0.4 is 10.6 Å². The van der Waals surface area contributed by atoms with Gasteiger partial charge in [0.1, 0.15) is 6.04 Å². The third-order valence-corrected chi connectivity index (χ3v) is 7.58. The van der Waals surface area contributed by atoms with Gasteiger partial charge in [-0.05, 0) is 55.9 Å². The lowest BCUT2D eigenvalue weighted by molar-refractivity contribution is -0.137. The molecule has 1 aliphatic heterocycles. The molecule has 30 heavy (non-hydrogen) atoms. The van der Waals surface area contributed by atoms with E-state index < -0.39 is 6.04 Å². The third-order valence-electron chi connectivity index (χ3n) is 6.71. The van der Waals surface area contributed by atoms with Gasteiger partial charge in [-0.15, -0.1) is 11.3 Å². The summed E-state index contributed by atoms with van der Waals surface area (Å²) in [6.45, 7) is 7.45. The molecule has 2 fully saturated rings. The lowest BCUT2D eigenvalue weighted by atomic mass is 9.87. The van der Waals surface area contributed by atoms with Crippen molar-refractivity contribution in [3.63, 3.8) is 0 Å². The molecule has 166 valence electrons. The maximum absolute atomic E-state index is 13.1. The summed E-state index contributed by atoms with van der Waals surface area (Å²) < 4.78 is 0. The van der Waals surface area contributed by atoms with E-state index >= 15 is 0 Å². The number of amides is 3. The van der Waals surface area contributed by atoms with E-state index in [0.717, 1.165) is 38.5 Å². The smallest absolute Gasteiger partial charge is 0.262 e. The molecule has 0 radical (unpaired) electrons. The van der Waals surface area contributed by atoms with Crippen molar-refractivity contribution in [2.24, 2.45) is 17.8 Å². The minimum absolute atomic E-state index is 0.0286. The predicted molar refractivity (Wildman–Crippen MR) is 119 cm³/mol. The standard InChI is InChI=1S/C23H35N3O3S/c1-15(2)16(3)24-22(28)20(25-21(27)19-9-6-14-30-19)17-10-12-26(13-11-17)23(29)18-7-4-5-8-18/h6,9,14-18,20H,4-5,7-8,10-13H2,1-3H3,(H,24,28)(H,25,27)/t16-,20+/m0/s1. The fourth-order valence-electron chi connectivity index (χ4n) is 4.38. The number of thiophene rings is 1. The molecule has 6 nitrogen and oxygen atoms in total. The highest BCUT2D eigenvalue weighted by Gasteiger charge is 2.36. The van der Waals surface area contributed by atoms with Crippen LogP contribution in [0.5, 0.6) is 0 Å². The van der Waals surface area contributed by atoms with Crippen molar-refractivity contribution in [2.45, 2.75) is 71.4 Å². The number of carbonyl (C=O) groups excluding carboxylic acids is 3. The van der Waals surface area contributed by atoms with Crippen LogP contribution in [0, 0.1) is 17.8 Å². The Kier molecular flexibility index (Phi) is 7.92. The summed E-state index contributed by atoms with van der Waals surface area (Å²) >= 11 is 1.37. The number of rotatable bonds is 7. The normalized spacial score (nSPS) is 20.2. The molecule has 2 heterocycles. The van der Waals surface area contributed by atoms with Crippen LogP contribution in [0.1, 0.15) is 69.0 Å². The Bertz CT molecular complexity index is 720. The summed E-state index contributed by atoms with van der Waals surface area (Å²) in [5.41, 5.74) is 0. The lowest BCUT2D eigenvalue weighted by Crippen LogP contribution is -2.55. The zero-order valence-corrected chi connectivity index (χ0v) is 19.2. The molecule has 0 spiro atoms. The van der Waals surface area contributed by atoms with Crippen LogP contribution in [0.3, 0.4) is 0 Å². The minimum atomic E-state index is -0.579. The second-order valence-corrected chi connectivity index (χ2v) is 10.1. The van der Waals surface area contributed by atoms with Crippen molar-refractivity contribution >= 4 is 29.1 Å². The van der Waals surface area contributed by atoms with Gasteiger partial charge in [-0.25, -0.2) is 0 Å². The number of carbonyl (C=O) groups is 3. The number of hydrogen-bond donors (Lipinski definition) is 2. The van der Waals surface area contributed by atoms with Gasteiger partial charge in [-0.3, -0.25) is 14.4 Å². The van der Waals surface area contributed by atoms with Crippen LogP contribution in [-0.2, 0) is 9.59 Å². The highest BCUT2D eigenvalue weighted by Crippen LogP contribution is 2.29. The fourth-order valence-corrected chi connectivity index (χ4v) is 5.01. The van der Waals surface area contributed by atoms with Crippen LogP contribution >= 0.6 is 11.3 Å². The zero-order valence-electron chi connectivity index (χ0n) is 18.4. The Balaban J connectivity index is 1.64. The Morgan fingerprint density at radius 1 is 1.03 bits per heavy atom. The molecule has 1 saturated heterocycles. The zero-order chi connectivity index (χ0) is 21.7. The van der Waals surface area contributed by atoms with Crippen LogP contribution in [0.15, 0.2) is 17.5 Å². The Morgan fingerprint density at radius 2 is 1.70 bits per heavy atom. The SMILES string of the molecule is CC(C)[C@H](C)NC(=O)[C@H](NC(=O)c1cccs1)C1CCN(C(=O)C2CCCC2)CC1. The van der Waals surface area contributed by atoms with Crippen LogP contribution in [0.2, 0.25) is 0 Å². The van der Waals surface area contributed by atoms with Gasteiger partial charge in [-0.1, -0.05) is 32.8 Å². The second-order valence-electron chi connectivity index (χ2n) is 9.11. The van der Waals surface area contributed by atoms with Gasteiger partial charge in [0.25, 0.3) is 5.91 Å². The summed E-state index contributed by atoms with van der Waals surface area (Å²) in [6, 6.07) is 3.06. The number of piperidine rings is 1. The molecule has 2 atom stereocenters. The first kappa shape index (κ1) is 22.8. The maximum atomic E-state index is 13.1. The molecule has 2 aliphatic rings. The summed E-state index contributed by atoms with van der Waals surface area (Å²) in [5.74, 6) is 0.483. The van der Waals surface area contributed by atoms with Crippen LogP contribution in [-0.4, -0.2) is 47.8 Å². The van der Waals surface area contributed by atoms with Gasteiger partial charge in [0.15, 0.2) is 0 Å². The molecule has 1 aromatic rings. The Hall–Kier alpha value is -1.89. The first-order valence-corrected chi connectivity index (χ1v) is 12.2. The van der Waals surface area contributed by atoms with Gasteiger partial charge in [-0.2, -0.15) is 0 Å². The maximum Gasteiger partial charge on any atom is 0.262 e. The molecule has 7 heteroatoms. The van der Waals surface area contributed by atoms with E-state index in [1.165, 1.54) is 11.3 Å². The topological polar surface area (TPSA) is 78.5 Å². The van der Waals surface area contributed by atoms with Crippen molar-refractivity contribution in [3.8, 4) is 0 Å². The largest absolute Gasteiger partial charge is 0.352 e. The molecule has 2 N–H and O–H groups in total. The second kappa shape index (κ2) is 10.4. The van der Waals surface area contributed by atoms with Crippen molar-refractivity contribution in [1.29, 1.82) is 0 Å². The first-order valence-electron chi connectivity index (χ1n) is 11.3. The van der Waals surface area contributed by atoms with E-state index in [1.54, 1.807) is 6.07 Å². The molecular weight excluding hydrogens is 398 g/mol. The molecule has 0 aromatic carbocycles. The summed E-state index contributed by atoms with van der Waals surface area (Å²) in [5, 5.41) is 7.92. The molecule has 1 aromatic heterocycles. The molecule has 1 saturated carbocycles. The minimum Gasteiger partial charge on any atom is -0.352 e. The van der Waals surface area contributed by atoms with Crippen molar-refractivity contribution < 1.29 is 14.4 Å². The Labute approximate surface area is 183 Å². The van der Waals surface area contributed by atoms with Gasteiger partial charge >= 0.3 is 0 Å². The van der Waals surface area contributed by atoms with Gasteiger partial charge < -0.3 is 15.5 Å². The Morgan fingerprint density at radius 3 is 2.27 bits per heavy atom. The molecule has 0 bridgehead atoms. The molecular formula is C23H35N3O3S. The predicted octanol–water partition coefficient (Wildman–Crippen LogP) is 3.44. The summed E-state index contributed by atoms with van der Waals surface area (Å²) in [4.78, 5) is 41.1. The molecule has 3 rings (SSSR count). The lowest BCUT2D eigenvalue weighted by Gasteiger charge is -2.37. The monoisotopic (exact) mass is 433 g/mol. The van der Waals surface area contributed by atoms with E-state index in [0.29, 0.717) is 23.9 Å². The van der Waals surface area contributed by atoms with E-state index in [1.807, 2.05) is 23.3 Å². The molecule has 0 unspecified atom stereocenters. The van der Waals surface area contributed by atoms with E-state index in [4.69, 9.17) is 0 Å². The number of likely N-dealkylation sites (tertiary alicyclic amines) is 1. The van der Waals surface area contributed by atoms with Crippen LogP contribution in [0.25, 0.3) is 0 Å². The van der Waals surface area contributed by atoms with Crippen molar-refractivity contribution in [2.75, 3.05) is 13.1 Å². The van der Waals surface area contributed by atoms with Crippen molar-refractivity contribution in [1.82, 2.24) is 15.5 Å². The highest BCUT2D eigenvalue weighted by atomic mass is 32.1. The first-order chi connectivity index (χ1) is 14.4.